The van der Waals surface area contributed by atoms with Crippen LogP contribution in [0, 0.1) is 10.5 Å². The lowest BCUT2D eigenvalue weighted by Gasteiger charge is -2.05. The van der Waals surface area contributed by atoms with E-state index in [1.165, 1.54) is 17.8 Å². The van der Waals surface area contributed by atoms with Crippen molar-refractivity contribution in [1.29, 1.82) is 0 Å². The molecule has 0 amide bonds. The molecule has 0 saturated carbocycles. The van der Waals surface area contributed by atoms with Gasteiger partial charge in [0, 0.05) is 25.9 Å². The fraction of sp³-hybridized carbons (Fsp3) is 0.0909. The molecule has 0 unspecified atom stereocenters. The molecular weight excluding hydrogens is 349 g/mol. The monoisotopic (exact) mass is 359 g/mol. The summed E-state index contributed by atoms with van der Waals surface area (Å²) in [5, 5.41) is 0.558. The first-order valence-electron chi connectivity index (χ1n) is 4.85. The number of nitrogen functional groups attached to an aromatic ring is 1. The van der Waals surface area contributed by atoms with E-state index in [9.17, 15) is 4.79 Å². The summed E-state index contributed by atoms with van der Waals surface area (Å²) in [6, 6.07) is 7.23. The van der Waals surface area contributed by atoms with Gasteiger partial charge in [-0.1, -0.05) is 0 Å². The summed E-state index contributed by atoms with van der Waals surface area (Å²) in [7, 11) is 0. The second-order valence-corrected chi connectivity index (χ2v) is 5.75. The molecule has 0 atom stereocenters. The first-order valence-corrected chi connectivity index (χ1v) is 6.75. The molecule has 0 spiro atoms. The number of benzene rings is 1. The predicted octanol–water partition coefficient (Wildman–Crippen LogP) is 2.42. The summed E-state index contributed by atoms with van der Waals surface area (Å²) < 4.78 is 1.08. The number of anilines is 1. The van der Waals surface area contributed by atoms with E-state index in [-0.39, 0.29) is 5.56 Å². The van der Waals surface area contributed by atoms with Gasteiger partial charge in [0.2, 0.25) is 0 Å². The van der Waals surface area contributed by atoms with E-state index in [2.05, 4.69) is 32.6 Å². The number of aromatic amines is 1. The van der Waals surface area contributed by atoms with Crippen molar-refractivity contribution in [3.63, 3.8) is 0 Å². The number of nitrogens with zero attached hydrogens (tertiary/aromatic N) is 1. The lowest BCUT2D eigenvalue weighted by atomic mass is 10.3. The van der Waals surface area contributed by atoms with Gasteiger partial charge in [-0.25, -0.2) is 4.98 Å². The zero-order valence-electron chi connectivity index (χ0n) is 9.03. The summed E-state index contributed by atoms with van der Waals surface area (Å²) in [5.74, 6) is 0. The van der Waals surface area contributed by atoms with Gasteiger partial charge < -0.3 is 10.7 Å². The molecule has 6 heteroatoms. The van der Waals surface area contributed by atoms with Crippen molar-refractivity contribution in [2.75, 3.05) is 5.73 Å². The number of H-pyrrole nitrogens is 1. The van der Waals surface area contributed by atoms with Crippen LogP contribution in [0.4, 0.5) is 5.69 Å². The minimum absolute atomic E-state index is 0.149. The minimum Gasteiger partial charge on any atom is -0.398 e. The van der Waals surface area contributed by atoms with Crippen LogP contribution in [0.5, 0.6) is 0 Å². The van der Waals surface area contributed by atoms with Crippen LogP contribution in [0.1, 0.15) is 5.69 Å². The molecule has 88 valence electrons. The van der Waals surface area contributed by atoms with Gasteiger partial charge in [-0.3, -0.25) is 4.79 Å². The first kappa shape index (κ1) is 12.4. The molecule has 0 aliphatic rings. The average molecular weight is 359 g/mol. The second-order valence-electron chi connectivity index (χ2n) is 3.48. The molecule has 0 aliphatic heterocycles. The Morgan fingerprint density at radius 2 is 2.18 bits per heavy atom. The Labute approximate surface area is 116 Å². The van der Waals surface area contributed by atoms with Crippen LogP contribution in [0.2, 0.25) is 0 Å². The van der Waals surface area contributed by atoms with Crippen molar-refractivity contribution in [3.8, 4) is 0 Å². The number of aromatic nitrogens is 2. The van der Waals surface area contributed by atoms with Crippen LogP contribution in [-0.2, 0) is 0 Å². The maximum absolute atomic E-state index is 11.3. The third kappa shape index (κ3) is 3.22. The van der Waals surface area contributed by atoms with Crippen LogP contribution >= 0.6 is 34.4 Å². The van der Waals surface area contributed by atoms with Crippen LogP contribution < -0.4 is 11.3 Å². The highest BCUT2D eigenvalue weighted by Crippen LogP contribution is 2.30. The molecule has 2 aromatic rings. The number of hydrogen-bond donors (Lipinski definition) is 2. The molecular formula is C11H10IN3OS. The van der Waals surface area contributed by atoms with Gasteiger partial charge in [0.15, 0.2) is 5.16 Å². The molecule has 1 aromatic carbocycles. The summed E-state index contributed by atoms with van der Waals surface area (Å²) in [6.07, 6.45) is 0. The van der Waals surface area contributed by atoms with Gasteiger partial charge in [-0.15, -0.1) is 0 Å². The zero-order chi connectivity index (χ0) is 12.4. The first-order chi connectivity index (χ1) is 8.04. The van der Waals surface area contributed by atoms with E-state index in [1.54, 1.807) is 6.92 Å². The third-order valence-corrected chi connectivity index (χ3v) is 3.68. The molecule has 0 radical (unpaired) electrons. The quantitative estimate of drug-likeness (QED) is 0.491. The summed E-state index contributed by atoms with van der Waals surface area (Å²) >= 11 is 3.56. The lowest BCUT2D eigenvalue weighted by molar-refractivity contribution is 0.905. The van der Waals surface area contributed by atoms with Gasteiger partial charge in [0.25, 0.3) is 5.56 Å². The van der Waals surface area contributed by atoms with Crippen molar-refractivity contribution in [2.45, 2.75) is 17.0 Å². The lowest BCUT2D eigenvalue weighted by Crippen LogP contribution is -2.08. The molecule has 0 aliphatic carbocycles. The SMILES string of the molecule is Cc1cc(=O)[nH]c(Sc2ccc(I)cc2N)n1. The van der Waals surface area contributed by atoms with E-state index in [1.807, 2.05) is 18.2 Å². The van der Waals surface area contributed by atoms with Gasteiger partial charge in [-0.05, 0) is 59.5 Å². The highest BCUT2D eigenvalue weighted by molar-refractivity contribution is 14.1. The van der Waals surface area contributed by atoms with Gasteiger partial charge in [-0.2, -0.15) is 0 Å². The van der Waals surface area contributed by atoms with E-state index in [0.717, 1.165) is 8.47 Å². The van der Waals surface area contributed by atoms with Crippen molar-refractivity contribution < 1.29 is 0 Å². The van der Waals surface area contributed by atoms with Gasteiger partial charge in [0.1, 0.15) is 0 Å². The van der Waals surface area contributed by atoms with Crippen molar-refractivity contribution in [1.82, 2.24) is 9.97 Å². The maximum atomic E-state index is 11.3. The summed E-state index contributed by atoms with van der Waals surface area (Å²) in [4.78, 5) is 19.1. The summed E-state index contributed by atoms with van der Waals surface area (Å²) in [5.41, 5.74) is 7.13. The number of nitrogens with one attached hydrogen (secondary N) is 1. The molecule has 17 heavy (non-hydrogen) atoms. The Morgan fingerprint density at radius 3 is 2.82 bits per heavy atom. The Kier molecular flexibility index (Phi) is 3.72. The summed E-state index contributed by atoms with van der Waals surface area (Å²) in [6.45, 7) is 1.79. The van der Waals surface area contributed by atoms with Crippen LogP contribution in [0.15, 0.2) is 39.1 Å². The Morgan fingerprint density at radius 1 is 1.41 bits per heavy atom. The van der Waals surface area contributed by atoms with Gasteiger partial charge >= 0.3 is 0 Å². The molecule has 4 nitrogen and oxygen atoms in total. The maximum Gasteiger partial charge on any atom is 0.251 e. The standard InChI is InChI=1S/C11H10IN3OS/c1-6-4-10(16)15-11(14-6)17-9-3-2-7(12)5-8(9)13/h2-5H,13H2,1H3,(H,14,15,16). The predicted molar refractivity (Wildman–Crippen MR) is 77.3 cm³/mol. The Balaban J connectivity index is 2.34. The number of rotatable bonds is 2. The normalized spacial score (nSPS) is 10.5. The molecule has 0 saturated heterocycles. The average Bonchev–Trinajstić information content (AvgIpc) is 2.21. The second kappa shape index (κ2) is 5.09. The molecule has 3 N–H and O–H groups in total. The van der Waals surface area contributed by atoms with E-state index in [4.69, 9.17) is 5.73 Å². The largest absolute Gasteiger partial charge is 0.398 e. The zero-order valence-corrected chi connectivity index (χ0v) is 12.0. The highest BCUT2D eigenvalue weighted by atomic mass is 127. The Hall–Kier alpha value is -1.02. The van der Waals surface area contributed by atoms with Crippen molar-refractivity contribution in [2.24, 2.45) is 0 Å². The Bertz CT molecular complexity index is 612. The fourth-order valence-electron chi connectivity index (χ4n) is 1.32. The highest BCUT2D eigenvalue weighted by Gasteiger charge is 2.05. The number of aryl methyl sites for hydroxylation is 1. The van der Waals surface area contributed by atoms with Crippen LogP contribution in [0.3, 0.4) is 0 Å². The van der Waals surface area contributed by atoms with Crippen LogP contribution in [-0.4, -0.2) is 9.97 Å². The van der Waals surface area contributed by atoms with E-state index >= 15 is 0 Å². The van der Waals surface area contributed by atoms with Gasteiger partial charge in [0.05, 0.1) is 0 Å². The van der Waals surface area contributed by atoms with E-state index < -0.39 is 0 Å². The van der Waals surface area contributed by atoms with Crippen molar-refractivity contribution >= 4 is 40.0 Å². The molecule has 1 heterocycles. The van der Waals surface area contributed by atoms with Crippen molar-refractivity contribution in [3.05, 3.63) is 43.9 Å². The molecule has 2 rings (SSSR count). The molecule has 1 aromatic heterocycles. The fourth-order valence-corrected chi connectivity index (χ4v) is 2.69. The number of nitrogens with two attached hydrogens (primary N) is 1. The minimum atomic E-state index is -0.149. The smallest absolute Gasteiger partial charge is 0.251 e. The topological polar surface area (TPSA) is 71.8 Å². The molecule has 0 fully saturated rings. The third-order valence-electron chi connectivity index (χ3n) is 2.03. The van der Waals surface area contributed by atoms with E-state index in [0.29, 0.717) is 16.5 Å². The number of halogens is 1. The molecule has 0 bridgehead atoms. The number of hydrogen-bond acceptors (Lipinski definition) is 4. The van der Waals surface area contributed by atoms with Crippen LogP contribution in [0.25, 0.3) is 0 Å².